The van der Waals surface area contributed by atoms with Crippen LogP contribution in [-0.4, -0.2) is 17.6 Å². The standard InChI is InChI=1S/C14H17N3OS.HI/c15-14(16-8-7-13-2-1-9-19-13)17-10-11-3-5-12(18)6-4-11;/h1-6,9,18H,7-8,10H2,(H3,15,16,17);1H. The van der Waals surface area contributed by atoms with Crippen molar-refractivity contribution in [3.05, 3.63) is 52.2 Å². The lowest BCUT2D eigenvalue weighted by Crippen LogP contribution is -2.33. The molecule has 0 radical (unpaired) electrons. The summed E-state index contributed by atoms with van der Waals surface area (Å²) in [5.74, 6) is 0.708. The number of rotatable bonds is 5. The third-order valence-corrected chi connectivity index (χ3v) is 3.56. The number of nitrogens with one attached hydrogen (secondary N) is 1. The topological polar surface area (TPSA) is 70.6 Å². The van der Waals surface area contributed by atoms with Crippen LogP contribution in [0.15, 0.2) is 46.8 Å². The number of nitrogens with zero attached hydrogens (tertiary/aromatic N) is 1. The molecule has 20 heavy (non-hydrogen) atoms. The quantitative estimate of drug-likeness (QED) is 0.409. The van der Waals surface area contributed by atoms with Crippen molar-refractivity contribution in [1.29, 1.82) is 0 Å². The van der Waals surface area contributed by atoms with Gasteiger partial charge < -0.3 is 16.2 Å². The number of phenols is 1. The van der Waals surface area contributed by atoms with Crippen molar-refractivity contribution in [3.63, 3.8) is 0 Å². The normalized spacial score (nSPS) is 10.9. The maximum atomic E-state index is 9.17. The Kier molecular flexibility index (Phi) is 7.38. The molecule has 0 fully saturated rings. The first-order valence-electron chi connectivity index (χ1n) is 6.08. The Balaban J connectivity index is 0.00000200. The van der Waals surface area contributed by atoms with Crippen LogP contribution in [-0.2, 0) is 13.0 Å². The zero-order chi connectivity index (χ0) is 13.5. The molecule has 0 aliphatic heterocycles. The highest BCUT2D eigenvalue weighted by Gasteiger charge is 1.96. The van der Waals surface area contributed by atoms with Crippen LogP contribution in [0.5, 0.6) is 5.75 Å². The van der Waals surface area contributed by atoms with Crippen molar-refractivity contribution < 1.29 is 5.11 Å². The monoisotopic (exact) mass is 403 g/mol. The van der Waals surface area contributed by atoms with E-state index >= 15 is 0 Å². The number of aromatic hydroxyl groups is 1. The number of hydrogen-bond donors (Lipinski definition) is 3. The second-order valence-corrected chi connectivity index (χ2v) is 5.16. The van der Waals surface area contributed by atoms with Crippen molar-refractivity contribution in [2.75, 3.05) is 6.54 Å². The fourth-order valence-electron chi connectivity index (χ4n) is 1.60. The van der Waals surface area contributed by atoms with Gasteiger partial charge in [0.1, 0.15) is 5.75 Å². The fraction of sp³-hybridized carbons (Fsp3) is 0.214. The number of guanidine groups is 1. The number of nitrogens with two attached hydrogens (primary N) is 1. The number of thiophene rings is 1. The Morgan fingerprint density at radius 3 is 2.65 bits per heavy atom. The van der Waals surface area contributed by atoms with Crippen LogP contribution in [0.2, 0.25) is 0 Å². The highest BCUT2D eigenvalue weighted by atomic mass is 127. The third-order valence-electron chi connectivity index (χ3n) is 2.63. The first kappa shape index (κ1) is 16.8. The summed E-state index contributed by atoms with van der Waals surface area (Å²) < 4.78 is 0. The SMILES string of the molecule is I.NC(=NCc1ccc(O)cc1)NCCc1cccs1. The molecule has 1 aromatic carbocycles. The number of halogens is 1. The van der Waals surface area contributed by atoms with E-state index in [2.05, 4.69) is 21.8 Å². The Labute approximate surface area is 139 Å². The molecule has 0 saturated carbocycles. The number of aliphatic imine (C=N–C) groups is 1. The lowest BCUT2D eigenvalue weighted by molar-refractivity contribution is 0.475. The number of hydrogen-bond acceptors (Lipinski definition) is 3. The Morgan fingerprint density at radius 1 is 1.25 bits per heavy atom. The number of benzene rings is 1. The van der Waals surface area contributed by atoms with E-state index in [4.69, 9.17) is 10.8 Å². The van der Waals surface area contributed by atoms with E-state index in [-0.39, 0.29) is 29.7 Å². The van der Waals surface area contributed by atoms with Crippen molar-refractivity contribution in [2.24, 2.45) is 10.7 Å². The molecule has 2 rings (SSSR count). The summed E-state index contributed by atoms with van der Waals surface area (Å²) >= 11 is 1.74. The third kappa shape index (κ3) is 5.79. The Morgan fingerprint density at radius 2 is 2.00 bits per heavy atom. The summed E-state index contributed by atoms with van der Waals surface area (Å²) in [7, 11) is 0. The van der Waals surface area contributed by atoms with Gasteiger partial charge >= 0.3 is 0 Å². The van der Waals surface area contributed by atoms with Crippen LogP contribution in [0.4, 0.5) is 0 Å². The summed E-state index contributed by atoms with van der Waals surface area (Å²) in [6.07, 6.45) is 0.951. The molecule has 4 N–H and O–H groups in total. The highest BCUT2D eigenvalue weighted by Crippen LogP contribution is 2.10. The van der Waals surface area contributed by atoms with Gasteiger partial charge in [0, 0.05) is 11.4 Å². The smallest absolute Gasteiger partial charge is 0.188 e. The van der Waals surface area contributed by atoms with Crippen LogP contribution in [0, 0.1) is 0 Å². The molecule has 0 atom stereocenters. The van der Waals surface area contributed by atoms with E-state index in [9.17, 15) is 0 Å². The van der Waals surface area contributed by atoms with Crippen molar-refractivity contribution >= 4 is 41.3 Å². The van der Waals surface area contributed by atoms with Gasteiger partial charge in [-0.1, -0.05) is 18.2 Å². The van der Waals surface area contributed by atoms with Gasteiger partial charge in [0.2, 0.25) is 0 Å². The van der Waals surface area contributed by atoms with E-state index < -0.39 is 0 Å². The van der Waals surface area contributed by atoms with Crippen molar-refractivity contribution in [1.82, 2.24) is 5.32 Å². The average molecular weight is 403 g/mol. The van der Waals surface area contributed by atoms with E-state index in [0.29, 0.717) is 12.5 Å². The molecule has 4 nitrogen and oxygen atoms in total. The minimum Gasteiger partial charge on any atom is -0.508 e. The van der Waals surface area contributed by atoms with Crippen LogP contribution in [0.3, 0.4) is 0 Å². The minimum absolute atomic E-state index is 0. The largest absolute Gasteiger partial charge is 0.508 e. The average Bonchev–Trinajstić information content (AvgIpc) is 2.91. The van der Waals surface area contributed by atoms with Crippen LogP contribution < -0.4 is 11.1 Å². The summed E-state index contributed by atoms with van der Waals surface area (Å²) in [4.78, 5) is 5.58. The lowest BCUT2D eigenvalue weighted by Gasteiger charge is -2.04. The molecule has 1 heterocycles. The van der Waals surface area contributed by atoms with Crippen LogP contribution in [0.1, 0.15) is 10.4 Å². The predicted molar refractivity (Wildman–Crippen MR) is 94.9 cm³/mol. The van der Waals surface area contributed by atoms with Crippen LogP contribution >= 0.6 is 35.3 Å². The van der Waals surface area contributed by atoms with E-state index in [1.54, 1.807) is 23.5 Å². The molecule has 0 saturated heterocycles. The molecular weight excluding hydrogens is 385 g/mol. The van der Waals surface area contributed by atoms with Crippen molar-refractivity contribution in [3.8, 4) is 5.75 Å². The minimum atomic E-state index is 0. The van der Waals surface area contributed by atoms with Gasteiger partial charge in [-0.25, -0.2) is 4.99 Å². The zero-order valence-electron chi connectivity index (χ0n) is 11.0. The molecule has 108 valence electrons. The van der Waals surface area contributed by atoms with E-state index in [0.717, 1.165) is 18.5 Å². The Bertz CT molecular complexity index is 526. The first-order chi connectivity index (χ1) is 9.24. The molecule has 0 aliphatic carbocycles. The van der Waals surface area contributed by atoms with E-state index in [1.807, 2.05) is 18.2 Å². The second-order valence-electron chi connectivity index (χ2n) is 4.12. The van der Waals surface area contributed by atoms with Gasteiger partial charge in [0.25, 0.3) is 0 Å². The van der Waals surface area contributed by atoms with Gasteiger partial charge in [-0.2, -0.15) is 0 Å². The molecule has 0 bridgehead atoms. The molecule has 0 unspecified atom stereocenters. The molecule has 2 aromatic rings. The van der Waals surface area contributed by atoms with Gasteiger partial charge in [0.05, 0.1) is 6.54 Å². The lowest BCUT2D eigenvalue weighted by atomic mass is 10.2. The molecule has 0 spiro atoms. The Hall–Kier alpha value is -1.28. The zero-order valence-corrected chi connectivity index (χ0v) is 14.1. The number of phenolic OH excluding ortho intramolecular Hbond substituents is 1. The van der Waals surface area contributed by atoms with Gasteiger partial charge in [-0.3, -0.25) is 0 Å². The summed E-state index contributed by atoms with van der Waals surface area (Å²) in [5.41, 5.74) is 6.80. The van der Waals surface area contributed by atoms with Gasteiger partial charge in [0.15, 0.2) is 5.96 Å². The maximum Gasteiger partial charge on any atom is 0.188 e. The summed E-state index contributed by atoms with van der Waals surface area (Å²) in [6.45, 7) is 1.30. The van der Waals surface area contributed by atoms with Crippen molar-refractivity contribution in [2.45, 2.75) is 13.0 Å². The predicted octanol–water partition coefficient (Wildman–Crippen LogP) is 2.72. The van der Waals surface area contributed by atoms with Gasteiger partial charge in [-0.05, 0) is 35.6 Å². The van der Waals surface area contributed by atoms with E-state index in [1.165, 1.54) is 4.88 Å². The molecule has 1 aromatic heterocycles. The molecule has 0 amide bonds. The summed E-state index contributed by atoms with van der Waals surface area (Å²) in [5, 5.41) is 14.3. The summed E-state index contributed by atoms with van der Waals surface area (Å²) in [6, 6.07) is 11.1. The maximum absolute atomic E-state index is 9.17. The molecule has 6 heteroatoms. The highest BCUT2D eigenvalue weighted by molar-refractivity contribution is 14.0. The van der Waals surface area contributed by atoms with Crippen LogP contribution in [0.25, 0.3) is 0 Å². The van der Waals surface area contributed by atoms with Gasteiger partial charge in [-0.15, -0.1) is 35.3 Å². The second kappa shape index (κ2) is 8.80. The first-order valence-corrected chi connectivity index (χ1v) is 6.96. The fourth-order valence-corrected chi connectivity index (χ4v) is 2.31. The molecule has 0 aliphatic rings. The molecular formula is C14H18IN3OS.